The van der Waals surface area contributed by atoms with Gasteiger partial charge < -0.3 is 11.5 Å². The Balaban J connectivity index is 1.60. The minimum atomic E-state index is 0.409. The molecule has 0 bridgehead atoms. The minimum absolute atomic E-state index is 0.409. The minimum Gasteiger partial charge on any atom is -0.399 e. The van der Waals surface area contributed by atoms with Gasteiger partial charge in [-0.05, 0) is 76.9 Å². The molecular weight excluding hydrogens is 544 g/mol. The molecule has 2 nitrogen and oxygen atoms in total. The van der Waals surface area contributed by atoms with Gasteiger partial charge in [-0.25, -0.2) is 0 Å². The summed E-state index contributed by atoms with van der Waals surface area (Å²) in [7, 11) is 0. The van der Waals surface area contributed by atoms with Crippen molar-refractivity contribution >= 4 is 11.4 Å². The number of rotatable bonds is 19. The van der Waals surface area contributed by atoms with Gasteiger partial charge in [-0.15, -0.1) is 0 Å². The van der Waals surface area contributed by atoms with Gasteiger partial charge in [-0.3, -0.25) is 0 Å². The molecule has 0 saturated carbocycles. The summed E-state index contributed by atoms with van der Waals surface area (Å²) in [5, 5.41) is 0. The second-order valence-corrected chi connectivity index (χ2v) is 13.2. The van der Waals surface area contributed by atoms with E-state index in [-0.39, 0.29) is 0 Å². The highest BCUT2D eigenvalue weighted by atomic mass is 14.5. The van der Waals surface area contributed by atoms with E-state index in [0.717, 1.165) is 11.4 Å². The molecule has 0 saturated heterocycles. The predicted octanol–water partition coefficient (Wildman–Crippen LogP) is 12.4. The van der Waals surface area contributed by atoms with Crippen molar-refractivity contribution in [1.29, 1.82) is 0 Å². The number of benzene rings is 4. The third-order valence-corrected chi connectivity index (χ3v) is 9.70. The average molecular weight is 603 g/mol. The van der Waals surface area contributed by atoms with Crippen LogP contribution in [-0.4, -0.2) is 0 Å². The number of unbranched alkanes of at least 4 members (excludes halogenated alkanes) is 7. The Hall–Kier alpha value is -3.52. The third kappa shape index (κ3) is 10.2. The van der Waals surface area contributed by atoms with E-state index < -0.39 is 0 Å². The van der Waals surface area contributed by atoms with Gasteiger partial charge in [-0.1, -0.05) is 158 Å². The van der Waals surface area contributed by atoms with Crippen molar-refractivity contribution in [2.24, 2.45) is 0 Å². The zero-order chi connectivity index (χ0) is 31.9. The van der Waals surface area contributed by atoms with Crippen LogP contribution in [0.25, 0.3) is 0 Å². The lowest BCUT2D eigenvalue weighted by molar-refractivity contribution is 0.594. The highest BCUT2D eigenvalue weighted by Crippen LogP contribution is 2.36. The Labute approximate surface area is 274 Å². The summed E-state index contributed by atoms with van der Waals surface area (Å²) < 4.78 is 0. The number of hydrogen-bond acceptors (Lipinski definition) is 2. The van der Waals surface area contributed by atoms with Crippen LogP contribution in [0, 0.1) is 0 Å². The Kier molecular flexibility index (Phi) is 14.1. The predicted molar refractivity (Wildman–Crippen MR) is 197 cm³/mol. The summed E-state index contributed by atoms with van der Waals surface area (Å²) >= 11 is 0. The van der Waals surface area contributed by atoms with Crippen LogP contribution in [0.1, 0.15) is 155 Å². The molecule has 4 rings (SSSR count). The van der Waals surface area contributed by atoms with Crippen LogP contribution >= 0.6 is 0 Å². The van der Waals surface area contributed by atoms with Crippen LogP contribution in [-0.2, 0) is 0 Å². The molecule has 2 atom stereocenters. The molecule has 45 heavy (non-hydrogen) atoms. The van der Waals surface area contributed by atoms with Gasteiger partial charge in [0.25, 0.3) is 0 Å². The van der Waals surface area contributed by atoms with Gasteiger partial charge >= 0.3 is 0 Å². The summed E-state index contributed by atoms with van der Waals surface area (Å²) in [5.74, 6) is 1.23. The maximum Gasteiger partial charge on any atom is 0.0314 e. The summed E-state index contributed by atoms with van der Waals surface area (Å²) in [6, 6.07) is 36.4. The maximum atomic E-state index is 6.04. The number of anilines is 2. The fourth-order valence-electron chi connectivity index (χ4n) is 6.93. The smallest absolute Gasteiger partial charge is 0.0314 e. The quantitative estimate of drug-likeness (QED) is 0.0828. The Morgan fingerprint density at radius 2 is 0.556 bits per heavy atom. The Bertz CT molecular complexity index is 1250. The largest absolute Gasteiger partial charge is 0.399 e. The molecule has 0 amide bonds. The van der Waals surface area contributed by atoms with E-state index >= 15 is 0 Å². The van der Waals surface area contributed by atoms with Crippen molar-refractivity contribution in [1.82, 2.24) is 0 Å². The van der Waals surface area contributed by atoms with Gasteiger partial charge in [0, 0.05) is 29.1 Å². The van der Waals surface area contributed by atoms with Crippen LogP contribution in [0.5, 0.6) is 0 Å². The molecule has 2 heteroatoms. The molecule has 0 fully saturated rings. The first kappa shape index (κ1) is 34.4. The second kappa shape index (κ2) is 18.4. The second-order valence-electron chi connectivity index (χ2n) is 13.2. The molecule has 0 aliphatic rings. The summed E-state index contributed by atoms with van der Waals surface area (Å²) in [6.07, 6.45) is 16.2. The summed E-state index contributed by atoms with van der Waals surface area (Å²) in [6.45, 7) is 6.86. The lowest BCUT2D eigenvalue weighted by atomic mass is 9.82. The number of hydrogen-bond donors (Lipinski definition) is 2. The third-order valence-electron chi connectivity index (χ3n) is 9.70. The van der Waals surface area contributed by atoms with E-state index in [1.165, 1.54) is 117 Å². The van der Waals surface area contributed by atoms with Crippen LogP contribution in [0.2, 0.25) is 0 Å². The zero-order valence-electron chi connectivity index (χ0n) is 28.3. The van der Waals surface area contributed by atoms with E-state index in [1.807, 2.05) is 24.3 Å². The number of nitrogens with two attached hydrogens (primary N) is 2. The first-order valence-electron chi connectivity index (χ1n) is 17.9. The maximum absolute atomic E-state index is 6.04. The van der Waals surface area contributed by atoms with Crippen LogP contribution < -0.4 is 11.5 Å². The first-order valence-corrected chi connectivity index (χ1v) is 17.9. The molecule has 4 N–H and O–H groups in total. The topological polar surface area (TPSA) is 52.0 Å². The fraction of sp³-hybridized carbons (Fsp3) is 0.442. The van der Waals surface area contributed by atoms with Crippen LogP contribution in [0.15, 0.2) is 97.1 Å². The monoisotopic (exact) mass is 602 g/mol. The van der Waals surface area contributed by atoms with E-state index in [4.69, 9.17) is 11.5 Å². The van der Waals surface area contributed by atoms with Crippen molar-refractivity contribution in [3.63, 3.8) is 0 Å². The molecule has 0 spiro atoms. The molecular formula is C43H58N2. The molecule has 2 unspecified atom stereocenters. The first-order chi connectivity index (χ1) is 22.0. The molecule has 240 valence electrons. The Morgan fingerprint density at radius 3 is 0.822 bits per heavy atom. The highest BCUT2D eigenvalue weighted by Gasteiger charge is 2.19. The van der Waals surface area contributed by atoms with E-state index in [1.54, 1.807) is 0 Å². The van der Waals surface area contributed by atoms with E-state index in [9.17, 15) is 0 Å². The molecule has 0 aliphatic heterocycles. The fourth-order valence-corrected chi connectivity index (χ4v) is 6.93. The highest BCUT2D eigenvalue weighted by molar-refractivity contribution is 5.45. The van der Waals surface area contributed by atoms with Crippen LogP contribution in [0.4, 0.5) is 11.4 Å². The van der Waals surface area contributed by atoms with Crippen molar-refractivity contribution < 1.29 is 0 Å². The molecule has 0 radical (unpaired) electrons. The van der Waals surface area contributed by atoms with Crippen molar-refractivity contribution in [2.75, 3.05) is 11.5 Å². The average Bonchev–Trinajstić information content (AvgIpc) is 3.07. The zero-order valence-corrected chi connectivity index (χ0v) is 28.3. The molecule has 0 aromatic heterocycles. The van der Waals surface area contributed by atoms with Crippen LogP contribution in [0.3, 0.4) is 0 Å². The van der Waals surface area contributed by atoms with E-state index in [2.05, 4.69) is 93.6 Å². The van der Waals surface area contributed by atoms with E-state index in [0.29, 0.717) is 17.8 Å². The molecule has 4 aromatic carbocycles. The number of nitrogen functional groups attached to an aromatic ring is 2. The molecule has 0 aliphatic carbocycles. The normalized spacial score (nSPS) is 13.4. The lowest BCUT2D eigenvalue weighted by Gasteiger charge is -2.23. The molecule has 0 heterocycles. The van der Waals surface area contributed by atoms with Gasteiger partial charge in [0.2, 0.25) is 0 Å². The van der Waals surface area contributed by atoms with Crippen molar-refractivity contribution in [3.05, 3.63) is 130 Å². The lowest BCUT2D eigenvalue weighted by Crippen LogP contribution is -2.06. The Morgan fingerprint density at radius 1 is 0.333 bits per heavy atom. The summed E-state index contributed by atoms with van der Waals surface area (Å²) in [4.78, 5) is 0. The summed E-state index contributed by atoms with van der Waals surface area (Å²) in [5.41, 5.74) is 22.2. The van der Waals surface area contributed by atoms with Gasteiger partial charge in [0.1, 0.15) is 0 Å². The van der Waals surface area contributed by atoms with Crippen molar-refractivity contribution in [2.45, 2.75) is 122 Å². The standard InChI is InChI=1S/C43H58N2/c1-4-7-10-13-16-43(35-21-17-33(18-22-35)41(14-11-8-5-2)37-25-29-39(44)30-26-37)36-23-19-34(20-24-36)42(15-12-9-6-3)38-27-31-40(45)32-28-38/h17-32,41-43H,4-16,44-45H2,1-3H3. The van der Waals surface area contributed by atoms with Gasteiger partial charge in [0.15, 0.2) is 0 Å². The molecule has 4 aromatic rings. The van der Waals surface area contributed by atoms with Gasteiger partial charge in [0.05, 0.1) is 0 Å². The van der Waals surface area contributed by atoms with Gasteiger partial charge in [-0.2, -0.15) is 0 Å². The van der Waals surface area contributed by atoms with Crippen molar-refractivity contribution in [3.8, 4) is 0 Å². The SMILES string of the molecule is CCCCCCC(c1ccc(C(CCCCC)c2ccc(N)cc2)cc1)c1ccc(C(CCCCC)c2ccc(N)cc2)cc1.